The monoisotopic (exact) mass is 837 g/mol. The molecule has 3 rings (SSSR count). The lowest BCUT2D eigenvalue weighted by molar-refractivity contribution is -0.137. The molecule has 2 amide bonds. The van der Waals surface area contributed by atoms with E-state index in [0.29, 0.717) is 12.2 Å². The highest BCUT2D eigenvalue weighted by molar-refractivity contribution is 8.13. The van der Waals surface area contributed by atoms with Gasteiger partial charge >= 0.3 is 23.5 Å². The number of carbonyl (C=O) groups is 3. The number of carbonyl (C=O) groups excluding carboxylic acids is 3. The van der Waals surface area contributed by atoms with Gasteiger partial charge in [0.25, 0.3) is 0 Å². The van der Waals surface area contributed by atoms with Crippen molar-refractivity contribution >= 4 is 69.1 Å². The number of imidazole rings is 1. The second-order valence-electron chi connectivity index (χ2n) is 12.0. The first-order valence-corrected chi connectivity index (χ1v) is 21.1. The summed E-state index contributed by atoms with van der Waals surface area (Å²) >= 11 is 1.09. The van der Waals surface area contributed by atoms with Gasteiger partial charge in [0.15, 0.2) is 22.8 Å². The first-order chi connectivity index (χ1) is 24.6. The second-order valence-corrected chi connectivity index (χ2v) is 17.4. The molecule has 1 aliphatic heterocycles. The van der Waals surface area contributed by atoms with Crippen LogP contribution in [0.4, 0.5) is 5.82 Å². The Hall–Kier alpha value is -2.44. The van der Waals surface area contributed by atoms with Gasteiger partial charge in [-0.05, 0) is 6.42 Å². The summed E-state index contributed by atoms with van der Waals surface area (Å²) in [7, 11) is -16.4. The number of fused-ring (bicyclic) bond motifs is 1. The average molecular weight is 838 g/mol. The van der Waals surface area contributed by atoms with Gasteiger partial charge in [-0.3, -0.25) is 32.5 Å². The predicted octanol–water partition coefficient (Wildman–Crippen LogP) is -0.535. The fourth-order valence-corrected chi connectivity index (χ4v) is 8.18. The molecular formula is C25H42N7O17P3S. The maximum atomic E-state index is 12.6. The van der Waals surface area contributed by atoms with Gasteiger partial charge in [0.05, 0.1) is 19.5 Å². The lowest BCUT2D eigenvalue weighted by Crippen LogP contribution is -2.46. The van der Waals surface area contributed by atoms with Gasteiger partial charge in [-0.25, -0.2) is 28.6 Å². The first kappa shape index (κ1) is 45.0. The van der Waals surface area contributed by atoms with Gasteiger partial charge < -0.3 is 50.9 Å². The van der Waals surface area contributed by atoms with E-state index in [1.807, 2.05) is 6.92 Å². The standard InChI is InChI=1S/C25H42N7O17P3S/c1-4-5-16(34)53-9-8-27-15(33)6-7-28-23(37)20(36)25(2,3)11-46-52(43,44)49-51(41,42)45-10-14-19(48-50(38,39)40)18(35)24(47-14)32-13-31-17-21(26)29-12-30-22(17)32/h12-14,18-20,24,35-36H,4-11H2,1-3H3,(H,27,33)(H,28,37)(H,41,42)(H,43,44)(H2,26,29,30)(H2,38,39,40)/t14-,18-,19-,20-,24+/m0/s1. The minimum Gasteiger partial charge on any atom is -0.386 e. The largest absolute Gasteiger partial charge is 0.481 e. The zero-order valence-corrected chi connectivity index (χ0v) is 32.0. The van der Waals surface area contributed by atoms with E-state index < -0.39 is 84.6 Å². The molecule has 0 aromatic carbocycles. The molecule has 0 radical (unpaired) electrons. The summed E-state index contributed by atoms with van der Waals surface area (Å²) in [5.74, 6) is -1.06. The molecule has 0 spiro atoms. The highest BCUT2D eigenvalue weighted by Gasteiger charge is 2.50. The SMILES string of the molecule is CCCC(=O)SCCNC(=O)CCNC(=O)[C@H](O)C(C)(C)COP(=O)(O)OP(=O)(O)OC[C@@H]1O[C@@H](n2cnc3c(N)ncnc32)[C@@H](O)[C@H]1OP(=O)(O)O. The summed E-state index contributed by atoms with van der Waals surface area (Å²) in [4.78, 5) is 86.8. The number of rotatable bonds is 21. The number of hydrogen-bond acceptors (Lipinski definition) is 18. The molecule has 0 aliphatic carbocycles. The molecule has 7 atom stereocenters. The van der Waals surface area contributed by atoms with Crippen molar-refractivity contribution in [3.05, 3.63) is 12.7 Å². The number of nitrogens with zero attached hydrogens (tertiary/aromatic N) is 4. The Morgan fingerprint density at radius 3 is 2.40 bits per heavy atom. The smallest absolute Gasteiger partial charge is 0.386 e. The number of phosphoric acid groups is 3. The van der Waals surface area contributed by atoms with Crippen molar-refractivity contribution in [1.82, 2.24) is 30.2 Å². The molecule has 1 fully saturated rings. The van der Waals surface area contributed by atoms with E-state index in [9.17, 15) is 57.9 Å². The third kappa shape index (κ3) is 13.7. The summed E-state index contributed by atoms with van der Waals surface area (Å²) < 4.78 is 61.9. The molecule has 53 heavy (non-hydrogen) atoms. The summed E-state index contributed by atoms with van der Waals surface area (Å²) in [5.41, 5.74) is 4.27. The molecule has 10 N–H and O–H groups in total. The predicted molar refractivity (Wildman–Crippen MR) is 182 cm³/mol. The van der Waals surface area contributed by atoms with E-state index in [-0.39, 0.29) is 41.6 Å². The Balaban J connectivity index is 1.52. The molecule has 0 bridgehead atoms. The van der Waals surface area contributed by atoms with E-state index in [4.69, 9.17) is 19.5 Å². The average Bonchev–Trinajstić information content (AvgIpc) is 3.61. The molecule has 28 heteroatoms. The molecule has 2 aromatic rings. The van der Waals surface area contributed by atoms with Crippen LogP contribution in [0.3, 0.4) is 0 Å². The Morgan fingerprint density at radius 2 is 1.74 bits per heavy atom. The third-order valence-corrected chi connectivity index (χ3v) is 11.3. The normalized spacial score (nSPS) is 22.2. The number of amides is 2. The van der Waals surface area contributed by atoms with E-state index in [2.05, 4.69) is 34.4 Å². The van der Waals surface area contributed by atoms with Crippen LogP contribution in [-0.2, 0) is 50.7 Å². The summed E-state index contributed by atoms with van der Waals surface area (Å²) in [5, 5.41) is 26.3. The number of nitrogen functional groups attached to an aromatic ring is 1. The van der Waals surface area contributed by atoms with Crippen LogP contribution in [0, 0.1) is 5.41 Å². The van der Waals surface area contributed by atoms with E-state index in [0.717, 1.165) is 35.4 Å². The van der Waals surface area contributed by atoms with Crippen molar-refractivity contribution in [3.8, 4) is 0 Å². The lowest BCUT2D eigenvalue weighted by Gasteiger charge is -2.30. The van der Waals surface area contributed by atoms with Crippen LogP contribution >= 0.6 is 35.2 Å². The number of ether oxygens (including phenoxy) is 1. The lowest BCUT2D eigenvalue weighted by atomic mass is 9.87. The molecule has 3 heterocycles. The molecule has 2 unspecified atom stereocenters. The van der Waals surface area contributed by atoms with Crippen LogP contribution in [0.5, 0.6) is 0 Å². The highest BCUT2D eigenvalue weighted by Crippen LogP contribution is 2.61. The number of aromatic nitrogens is 4. The van der Waals surface area contributed by atoms with Crippen LogP contribution in [0.1, 0.15) is 46.3 Å². The summed E-state index contributed by atoms with van der Waals surface area (Å²) in [6.45, 7) is 2.41. The van der Waals surface area contributed by atoms with Crippen molar-refractivity contribution in [2.45, 2.75) is 70.7 Å². The number of nitrogens with one attached hydrogen (secondary N) is 2. The molecular weight excluding hydrogens is 795 g/mol. The number of anilines is 1. The molecule has 300 valence electrons. The molecule has 24 nitrogen and oxygen atoms in total. The quantitative estimate of drug-likeness (QED) is 0.0563. The zero-order chi connectivity index (χ0) is 39.8. The topological polar surface area (TPSA) is 364 Å². The van der Waals surface area contributed by atoms with Crippen molar-refractivity contribution < 1.29 is 80.5 Å². The summed E-state index contributed by atoms with van der Waals surface area (Å²) in [6, 6.07) is 0. The molecule has 1 saturated heterocycles. The van der Waals surface area contributed by atoms with Gasteiger partial charge in [0, 0.05) is 37.1 Å². The Bertz CT molecular complexity index is 1750. The van der Waals surface area contributed by atoms with E-state index in [1.54, 1.807) is 0 Å². The minimum absolute atomic E-state index is 0.0127. The number of hydrogen-bond donors (Lipinski definition) is 9. The number of thioether (sulfide) groups is 1. The van der Waals surface area contributed by atoms with Crippen LogP contribution in [0.25, 0.3) is 11.2 Å². The highest BCUT2D eigenvalue weighted by atomic mass is 32.2. The number of aliphatic hydroxyl groups is 2. The van der Waals surface area contributed by atoms with Crippen molar-refractivity contribution in [2.24, 2.45) is 5.41 Å². The van der Waals surface area contributed by atoms with Crippen LogP contribution in [0.15, 0.2) is 12.7 Å². The van der Waals surface area contributed by atoms with Crippen LogP contribution in [0.2, 0.25) is 0 Å². The zero-order valence-electron chi connectivity index (χ0n) is 28.5. The van der Waals surface area contributed by atoms with Gasteiger partial charge in [0.1, 0.15) is 36.3 Å². The van der Waals surface area contributed by atoms with Crippen molar-refractivity contribution in [2.75, 3.05) is 37.8 Å². The molecule has 0 saturated carbocycles. The summed E-state index contributed by atoms with van der Waals surface area (Å²) in [6.07, 6.45) is -5.73. The number of phosphoric ester groups is 3. The van der Waals surface area contributed by atoms with Gasteiger partial charge in [-0.2, -0.15) is 4.31 Å². The number of nitrogens with two attached hydrogens (primary N) is 1. The van der Waals surface area contributed by atoms with Crippen molar-refractivity contribution in [1.29, 1.82) is 0 Å². The van der Waals surface area contributed by atoms with E-state index >= 15 is 0 Å². The maximum Gasteiger partial charge on any atom is 0.481 e. The maximum absolute atomic E-state index is 12.6. The van der Waals surface area contributed by atoms with Crippen molar-refractivity contribution in [3.63, 3.8) is 0 Å². The Labute approximate surface area is 306 Å². The van der Waals surface area contributed by atoms with E-state index in [1.165, 1.54) is 13.8 Å². The van der Waals surface area contributed by atoms with Crippen LogP contribution < -0.4 is 16.4 Å². The molecule has 2 aromatic heterocycles. The second kappa shape index (κ2) is 18.9. The van der Waals surface area contributed by atoms with Gasteiger partial charge in [-0.1, -0.05) is 32.5 Å². The Kier molecular flexibility index (Phi) is 16.1. The Morgan fingerprint density at radius 1 is 1.06 bits per heavy atom. The molecule has 1 aliphatic rings. The van der Waals surface area contributed by atoms with Gasteiger partial charge in [-0.15, -0.1) is 0 Å². The third-order valence-electron chi connectivity index (χ3n) is 7.22. The number of aliphatic hydroxyl groups excluding tert-OH is 2. The fraction of sp³-hybridized carbons (Fsp3) is 0.680. The fourth-order valence-electron chi connectivity index (χ4n) is 4.57. The first-order valence-electron chi connectivity index (χ1n) is 15.6. The minimum atomic E-state index is -5.56. The van der Waals surface area contributed by atoms with Gasteiger partial charge in [0.2, 0.25) is 11.8 Å². The van der Waals surface area contributed by atoms with Crippen LogP contribution in [-0.4, -0.2) is 123 Å².